The van der Waals surface area contributed by atoms with Crippen LogP contribution >= 0.6 is 23.2 Å². The fraction of sp³-hybridized carbons (Fsp3) is 0.0952. The highest BCUT2D eigenvalue weighted by atomic mass is 35.5. The number of hydrogen-bond acceptors (Lipinski definition) is 5. The van der Waals surface area contributed by atoms with Crippen molar-refractivity contribution < 1.29 is 18.7 Å². The number of nitrogens with zero attached hydrogens (tertiary/aromatic N) is 1. The average Bonchev–Trinajstić information content (AvgIpc) is 3.18. The minimum Gasteiger partial charge on any atom is -0.497 e. The summed E-state index contributed by atoms with van der Waals surface area (Å²) in [6.07, 6.45) is 1.56. The molecule has 0 spiro atoms. The molecule has 0 aliphatic rings. The SMILES string of the molecule is COc1ccc(N=Cc2ccc(CNC(=O)C(=O)Nc3cc(Cl)cc(Cl)c3)o2)cc1. The second kappa shape index (κ2) is 9.96. The molecule has 0 radical (unpaired) electrons. The van der Waals surface area contributed by atoms with Gasteiger partial charge in [-0.25, -0.2) is 0 Å². The van der Waals surface area contributed by atoms with Crippen LogP contribution in [0.2, 0.25) is 10.0 Å². The van der Waals surface area contributed by atoms with Crippen LogP contribution in [0.4, 0.5) is 11.4 Å². The Labute approximate surface area is 182 Å². The molecule has 2 amide bonds. The number of furan rings is 1. The third kappa shape index (κ3) is 6.10. The first-order chi connectivity index (χ1) is 14.4. The summed E-state index contributed by atoms with van der Waals surface area (Å²) in [5, 5.41) is 5.60. The maximum absolute atomic E-state index is 12.0. The number of amides is 2. The zero-order valence-electron chi connectivity index (χ0n) is 15.8. The minimum atomic E-state index is -0.846. The second-order valence-corrected chi connectivity index (χ2v) is 6.93. The van der Waals surface area contributed by atoms with Gasteiger partial charge in [0.25, 0.3) is 0 Å². The Morgan fingerprint density at radius 1 is 1.03 bits per heavy atom. The van der Waals surface area contributed by atoms with Gasteiger partial charge in [0, 0.05) is 15.7 Å². The van der Waals surface area contributed by atoms with Gasteiger partial charge in [0.1, 0.15) is 17.3 Å². The van der Waals surface area contributed by atoms with E-state index in [9.17, 15) is 9.59 Å². The van der Waals surface area contributed by atoms with E-state index in [1.54, 1.807) is 37.6 Å². The molecular weight excluding hydrogens is 429 g/mol. The number of aliphatic imine (C=N–C) groups is 1. The number of hydrogen-bond donors (Lipinski definition) is 2. The van der Waals surface area contributed by atoms with Crippen LogP contribution in [-0.2, 0) is 16.1 Å². The van der Waals surface area contributed by atoms with E-state index in [1.165, 1.54) is 18.2 Å². The topological polar surface area (TPSA) is 92.9 Å². The Morgan fingerprint density at radius 2 is 1.73 bits per heavy atom. The molecule has 2 N–H and O–H groups in total. The molecule has 0 bridgehead atoms. The fourth-order valence-corrected chi connectivity index (χ4v) is 2.95. The van der Waals surface area contributed by atoms with Crippen LogP contribution in [0.1, 0.15) is 11.5 Å². The van der Waals surface area contributed by atoms with Gasteiger partial charge in [0.05, 0.1) is 25.6 Å². The van der Waals surface area contributed by atoms with Gasteiger partial charge < -0.3 is 19.8 Å². The number of carbonyl (C=O) groups is 2. The highest BCUT2D eigenvalue weighted by molar-refractivity contribution is 6.40. The average molecular weight is 446 g/mol. The summed E-state index contributed by atoms with van der Waals surface area (Å²) in [6.45, 7) is 0.0406. The summed E-state index contributed by atoms with van der Waals surface area (Å²) in [5.41, 5.74) is 1.06. The molecule has 3 rings (SSSR count). The quantitative estimate of drug-likeness (QED) is 0.428. The zero-order valence-corrected chi connectivity index (χ0v) is 17.3. The molecule has 1 heterocycles. The summed E-state index contributed by atoms with van der Waals surface area (Å²) in [5.74, 6) is 0.0517. The summed E-state index contributed by atoms with van der Waals surface area (Å²) in [7, 11) is 1.60. The summed E-state index contributed by atoms with van der Waals surface area (Å²) in [6, 6.07) is 15.1. The van der Waals surface area contributed by atoms with Crippen molar-refractivity contribution in [2.45, 2.75) is 6.54 Å². The van der Waals surface area contributed by atoms with Gasteiger partial charge in [-0.2, -0.15) is 0 Å². The van der Waals surface area contributed by atoms with Gasteiger partial charge in [0.15, 0.2) is 0 Å². The Hall–Kier alpha value is -3.29. The molecule has 0 atom stereocenters. The van der Waals surface area contributed by atoms with Crippen LogP contribution in [0, 0.1) is 0 Å². The molecule has 0 saturated heterocycles. The first-order valence-corrected chi connectivity index (χ1v) is 9.50. The number of nitrogens with one attached hydrogen (secondary N) is 2. The molecule has 9 heteroatoms. The molecule has 1 aromatic heterocycles. The van der Waals surface area contributed by atoms with Crippen molar-refractivity contribution in [1.82, 2.24) is 5.32 Å². The van der Waals surface area contributed by atoms with Gasteiger partial charge in [-0.1, -0.05) is 23.2 Å². The van der Waals surface area contributed by atoms with Gasteiger partial charge in [0.2, 0.25) is 0 Å². The molecule has 154 valence electrons. The van der Waals surface area contributed by atoms with Gasteiger partial charge in [-0.05, 0) is 54.6 Å². The van der Waals surface area contributed by atoms with Crippen LogP contribution in [0.3, 0.4) is 0 Å². The van der Waals surface area contributed by atoms with E-state index in [1.807, 2.05) is 12.1 Å². The number of methoxy groups -OCH3 is 1. The lowest BCUT2D eigenvalue weighted by Gasteiger charge is -2.06. The van der Waals surface area contributed by atoms with Crippen LogP contribution < -0.4 is 15.4 Å². The number of rotatable bonds is 6. The highest BCUT2D eigenvalue weighted by Crippen LogP contribution is 2.22. The van der Waals surface area contributed by atoms with Crippen LogP contribution in [0.25, 0.3) is 0 Å². The third-order valence-corrected chi connectivity index (χ3v) is 4.28. The van der Waals surface area contributed by atoms with E-state index >= 15 is 0 Å². The summed E-state index contributed by atoms with van der Waals surface area (Å²) < 4.78 is 10.7. The van der Waals surface area contributed by atoms with E-state index in [2.05, 4.69) is 15.6 Å². The van der Waals surface area contributed by atoms with Crippen LogP contribution in [0.15, 0.2) is 64.0 Å². The summed E-state index contributed by atoms with van der Waals surface area (Å²) >= 11 is 11.7. The number of benzene rings is 2. The predicted octanol–water partition coefficient (Wildman–Crippen LogP) is 4.60. The lowest BCUT2D eigenvalue weighted by atomic mass is 10.3. The number of carbonyl (C=O) groups excluding carboxylic acids is 2. The maximum atomic E-state index is 12.0. The third-order valence-electron chi connectivity index (χ3n) is 3.85. The van der Waals surface area contributed by atoms with Crippen molar-refractivity contribution in [3.63, 3.8) is 0 Å². The first-order valence-electron chi connectivity index (χ1n) is 8.75. The monoisotopic (exact) mass is 445 g/mol. The van der Waals surface area contributed by atoms with E-state index in [-0.39, 0.29) is 6.54 Å². The zero-order chi connectivity index (χ0) is 21.5. The van der Waals surface area contributed by atoms with Crippen molar-refractivity contribution in [1.29, 1.82) is 0 Å². The molecule has 0 aliphatic heterocycles. The van der Waals surface area contributed by atoms with Crippen molar-refractivity contribution in [3.05, 3.63) is 76.2 Å². The van der Waals surface area contributed by atoms with E-state index in [4.69, 9.17) is 32.4 Å². The first kappa shape index (κ1) is 21.4. The Bertz CT molecular complexity index is 1060. The minimum absolute atomic E-state index is 0.0406. The largest absolute Gasteiger partial charge is 0.497 e. The molecule has 3 aromatic rings. The fourth-order valence-electron chi connectivity index (χ4n) is 2.43. The molecule has 0 fully saturated rings. The Kier molecular flexibility index (Phi) is 7.11. The molecule has 2 aromatic carbocycles. The highest BCUT2D eigenvalue weighted by Gasteiger charge is 2.14. The van der Waals surface area contributed by atoms with E-state index in [0.717, 1.165) is 11.4 Å². The smallest absolute Gasteiger partial charge is 0.313 e. The Balaban J connectivity index is 1.52. The van der Waals surface area contributed by atoms with E-state index < -0.39 is 11.8 Å². The number of ether oxygens (including phenoxy) is 1. The van der Waals surface area contributed by atoms with Crippen LogP contribution in [-0.4, -0.2) is 25.1 Å². The van der Waals surface area contributed by atoms with Crippen LogP contribution in [0.5, 0.6) is 5.75 Å². The predicted molar refractivity (Wildman–Crippen MR) is 116 cm³/mol. The molecule has 7 nitrogen and oxygen atoms in total. The molecule has 30 heavy (non-hydrogen) atoms. The summed E-state index contributed by atoms with van der Waals surface area (Å²) in [4.78, 5) is 28.3. The lowest BCUT2D eigenvalue weighted by Crippen LogP contribution is -2.34. The van der Waals surface area contributed by atoms with Crippen molar-refractivity contribution >= 4 is 52.6 Å². The van der Waals surface area contributed by atoms with Gasteiger partial charge in [-0.3, -0.25) is 14.6 Å². The molecule has 0 aliphatic carbocycles. The van der Waals surface area contributed by atoms with Crippen molar-refractivity contribution in [2.75, 3.05) is 12.4 Å². The van der Waals surface area contributed by atoms with Gasteiger partial charge >= 0.3 is 11.8 Å². The standard InChI is InChI=1S/C21H17Cl2N3O4/c1-29-17-4-2-15(3-5-17)24-11-18-6-7-19(30-18)12-25-20(27)21(28)26-16-9-13(22)8-14(23)10-16/h2-11H,12H2,1H3,(H,25,27)(H,26,28). The normalized spacial score (nSPS) is 10.8. The maximum Gasteiger partial charge on any atom is 0.313 e. The second-order valence-electron chi connectivity index (χ2n) is 6.06. The molecular formula is C21H17Cl2N3O4. The molecule has 0 saturated carbocycles. The number of halogens is 2. The van der Waals surface area contributed by atoms with Crippen molar-refractivity contribution in [2.24, 2.45) is 4.99 Å². The Morgan fingerprint density at radius 3 is 2.40 bits per heavy atom. The number of anilines is 1. The van der Waals surface area contributed by atoms with Crippen molar-refractivity contribution in [3.8, 4) is 5.75 Å². The lowest BCUT2D eigenvalue weighted by molar-refractivity contribution is -0.136. The van der Waals surface area contributed by atoms with E-state index in [0.29, 0.717) is 27.3 Å². The van der Waals surface area contributed by atoms with Gasteiger partial charge in [-0.15, -0.1) is 0 Å². The molecule has 0 unspecified atom stereocenters.